The van der Waals surface area contributed by atoms with Gasteiger partial charge in [-0.3, -0.25) is 0 Å². The summed E-state index contributed by atoms with van der Waals surface area (Å²) in [4.78, 5) is 0. The lowest BCUT2D eigenvalue weighted by Gasteiger charge is -2.24. The van der Waals surface area contributed by atoms with E-state index >= 15 is 0 Å². The summed E-state index contributed by atoms with van der Waals surface area (Å²) in [5.74, 6) is 2.92. The van der Waals surface area contributed by atoms with E-state index < -0.39 is 0 Å². The lowest BCUT2D eigenvalue weighted by Crippen LogP contribution is -2.34. The largest absolute Gasteiger partial charge is 0.329 e. The molecule has 1 unspecified atom stereocenters. The zero-order valence-electron chi connectivity index (χ0n) is 12.9. The molecule has 0 bridgehead atoms. The van der Waals surface area contributed by atoms with Gasteiger partial charge >= 0.3 is 0 Å². The monoisotopic (exact) mass is 272 g/mol. The van der Waals surface area contributed by atoms with E-state index in [0.717, 1.165) is 24.3 Å². The molecule has 2 aliphatic carbocycles. The van der Waals surface area contributed by atoms with Crippen LogP contribution in [0.5, 0.6) is 0 Å². The SMILES string of the molecule is Cc1cccc(C(CN)NCC(C2CC2)C2CC2)c1C. The van der Waals surface area contributed by atoms with Crippen LogP contribution in [0.2, 0.25) is 0 Å². The van der Waals surface area contributed by atoms with E-state index in [-0.39, 0.29) is 0 Å². The van der Waals surface area contributed by atoms with Crippen molar-refractivity contribution in [2.24, 2.45) is 23.5 Å². The summed E-state index contributed by atoms with van der Waals surface area (Å²) >= 11 is 0. The fourth-order valence-corrected chi connectivity index (χ4v) is 3.52. The zero-order valence-corrected chi connectivity index (χ0v) is 12.9. The van der Waals surface area contributed by atoms with Gasteiger partial charge in [-0.15, -0.1) is 0 Å². The molecule has 2 nitrogen and oxygen atoms in total. The topological polar surface area (TPSA) is 38.0 Å². The highest BCUT2D eigenvalue weighted by atomic mass is 14.9. The van der Waals surface area contributed by atoms with Crippen molar-refractivity contribution in [3.63, 3.8) is 0 Å². The van der Waals surface area contributed by atoms with Crippen LogP contribution in [0.3, 0.4) is 0 Å². The number of benzene rings is 1. The van der Waals surface area contributed by atoms with Crippen LogP contribution >= 0.6 is 0 Å². The summed E-state index contributed by atoms with van der Waals surface area (Å²) in [6.07, 6.45) is 5.83. The van der Waals surface area contributed by atoms with Crippen molar-refractivity contribution in [1.29, 1.82) is 0 Å². The van der Waals surface area contributed by atoms with Crippen molar-refractivity contribution in [1.82, 2.24) is 5.32 Å². The minimum atomic E-state index is 0.315. The van der Waals surface area contributed by atoms with Gasteiger partial charge in [-0.05, 0) is 80.5 Å². The van der Waals surface area contributed by atoms with Gasteiger partial charge in [0.1, 0.15) is 0 Å². The van der Waals surface area contributed by atoms with E-state index in [1.165, 1.54) is 42.4 Å². The quantitative estimate of drug-likeness (QED) is 0.799. The highest BCUT2D eigenvalue weighted by molar-refractivity contribution is 5.35. The molecule has 0 spiro atoms. The number of rotatable bonds is 7. The lowest BCUT2D eigenvalue weighted by molar-refractivity contribution is 0.357. The van der Waals surface area contributed by atoms with Gasteiger partial charge < -0.3 is 11.1 Å². The third kappa shape index (κ3) is 3.07. The number of hydrogen-bond acceptors (Lipinski definition) is 2. The Morgan fingerprint density at radius 1 is 1.15 bits per heavy atom. The Hall–Kier alpha value is -0.860. The average Bonchev–Trinajstić information content (AvgIpc) is 3.31. The van der Waals surface area contributed by atoms with Gasteiger partial charge in [0.25, 0.3) is 0 Å². The molecule has 0 saturated heterocycles. The van der Waals surface area contributed by atoms with E-state index in [4.69, 9.17) is 5.73 Å². The number of nitrogens with one attached hydrogen (secondary N) is 1. The maximum absolute atomic E-state index is 6.03. The Morgan fingerprint density at radius 3 is 2.35 bits per heavy atom. The first kappa shape index (κ1) is 14.1. The van der Waals surface area contributed by atoms with E-state index in [1.807, 2.05) is 0 Å². The Morgan fingerprint density at radius 2 is 1.80 bits per heavy atom. The molecule has 0 radical (unpaired) electrons. The Balaban J connectivity index is 1.65. The smallest absolute Gasteiger partial charge is 0.0447 e. The number of aryl methyl sites for hydroxylation is 1. The zero-order chi connectivity index (χ0) is 14.1. The Labute approximate surface area is 123 Å². The van der Waals surface area contributed by atoms with E-state index in [2.05, 4.69) is 37.4 Å². The van der Waals surface area contributed by atoms with Gasteiger partial charge in [0.2, 0.25) is 0 Å². The van der Waals surface area contributed by atoms with E-state index in [9.17, 15) is 0 Å². The van der Waals surface area contributed by atoms with Crippen LogP contribution in [0.1, 0.15) is 48.4 Å². The van der Waals surface area contributed by atoms with Gasteiger partial charge in [-0.25, -0.2) is 0 Å². The molecule has 110 valence electrons. The highest BCUT2D eigenvalue weighted by Crippen LogP contribution is 2.49. The summed E-state index contributed by atoms with van der Waals surface area (Å²) in [6, 6.07) is 6.89. The van der Waals surface area contributed by atoms with Crippen molar-refractivity contribution in [2.45, 2.75) is 45.6 Å². The third-order valence-corrected chi connectivity index (χ3v) is 5.31. The summed E-state index contributed by atoms with van der Waals surface area (Å²) in [6.45, 7) is 6.24. The molecule has 20 heavy (non-hydrogen) atoms. The van der Waals surface area contributed by atoms with Gasteiger partial charge in [-0.2, -0.15) is 0 Å². The van der Waals surface area contributed by atoms with Crippen LogP contribution in [0.25, 0.3) is 0 Å². The second-order valence-electron chi connectivity index (χ2n) is 6.82. The van der Waals surface area contributed by atoms with E-state index in [0.29, 0.717) is 12.6 Å². The predicted octanol–water partition coefficient (Wildman–Crippen LogP) is 3.33. The van der Waals surface area contributed by atoms with Crippen LogP contribution in [0, 0.1) is 31.6 Å². The van der Waals surface area contributed by atoms with Crippen molar-refractivity contribution in [3.05, 3.63) is 34.9 Å². The van der Waals surface area contributed by atoms with E-state index in [1.54, 1.807) is 0 Å². The molecule has 3 rings (SSSR count). The summed E-state index contributed by atoms with van der Waals surface area (Å²) < 4.78 is 0. The molecule has 3 N–H and O–H groups in total. The van der Waals surface area contributed by atoms with Crippen molar-refractivity contribution in [3.8, 4) is 0 Å². The molecule has 2 saturated carbocycles. The van der Waals surface area contributed by atoms with Crippen molar-refractivity contribution < 1.29 is 0 Å². The fraction of sp³-hybridized carbons (Fsp3) is 0.667. The third-order valence-electron chi connectivity index (χ3n) is 5.31. The average molecular weight is 272 g/mol. The highest BCUT2D eigenvalue weighted by Gasteiger charge is 2.41. The first-order chi connectivity index (χ1) is 9.70. The van der Waals surface area contributed by atoms with Crippen molar-refractivity contribution in [2.75, 3.05) is 13.1 Å². The molecule has 1 atom stereocenters. The molecule has 0 amide bonds. The predicted molar refractivity (Wildman–Crippen MR) is 84.7 cm³/mol. The molecule has 2 aliphatic rings. The van der Waals surface area contributed by atoms with Crippen LogP contribution < -0.4 is 11.1 Å². The Kier molecular flexibility index (Phi) is 4.13. The summed E-state index contributed by atoms with van der Waals surface area (Å²) in [5, 5.41) is 3.77. The first-order valence-electron chi connectivity index (χ1n) is 8.20. The Bertz CT molecular complexity index is 448. The summed E-state index contributed by atoms with van der Waals surface area (Å²) in [7, 11) is 0. The molecular weight excluding hydrogens is 244 g/mol. The second-order valence-corrected chi connectivity index (χ2v) is 6.82. The fourth-order valence-electron chi connectivity index (χ4n) is 3.52. The summed E-state index contributed by atoms with van der Waals surface area (Å²) in [5.41, 5.74) is 10.2. The standard InChI is InChI=1S/C18H28N2/c1-12-4-3-5-16(13(12)2)18(10-19)20-11-17(14-6-7-14)15-8-9-15/h3-5,14-15,17-18,20H,6-11,19H2,1-2H3. The molecule has 2 fully saturated rings. The minimum absolute atomic E-state index is 0.315. The maximum Gasteiger partial charge on any atom is 0.0447 e. The van der Waals surface area contributed by atoms with Gasteiger partial charge in [0, 0.05) is 12.6 Å². The van der Waals surface area contributed by atoms with Crippen LogP contribution in [-0.4, -0.2) is 13.1 Å². The molecule has 0 aromatic heterocycles. The van der Waals surface area contributed by atoms with Crippen LogP contribution in [-0.2, 0) is 0 Å². The van der Waals surface area contributed by atoms with Crippen molar-refractivity contribution >= 4 is 0 Å². The molecule has 2 heteroatoms. The van der Waals surface area contributed by atoms with Gasteiger partial charge in [0.05, 0.1) is 0 Å². The second kappa shape index (κ2) is 5.87. The number of hydrogen-bond donors (Lipinski definition) is 2. The number of nitrogens with two attached hydrogens (primary N) is 1. The van der Waals surface area contributed by atoms with Crippen LogP contribution in [0.4, 0.5) is 0 Å². The molecule has 1 aromatic carbocycles. The van der Waals surface area contributed by atoms with Gasteiger partial charge in [-0.1, -0.05) is 18.2 Å². The molecule has 0 heterocycles. The molecule has 0 aliphatic heterocycles. The lowest BCUT2D eigenvalue weighted by atomic mass is 9.94. The minimum Gasteiger partial charge on any atom is -0.329 e. The van der Waals surface area contributed by atoms with Gasteiger partial charge in [0.15, 0.2) is 0 Å². The van der Waals surface area contributed by atoms with Crippen LogP contribution in [0.15, 0.2) is 18.2 Å². The molecule has 1 aromatic rings. The first-order valence-corrected chi connectivity index (χ1v) is 8.20. The maximum atomic E-state index is 6.03. The normalized spacial score (nSPS) is 20.4. The molecular formula is C18H28N2.